The summed E-state index contributed by atoms with van der Waals surface area (Å²) in [5.41, 5.74) is -1.23. The lowest BCUT2D eigenvalue weighted by Gasteiger charge is -2.60. The third-order valence-corrected chi connectivity index (χ3v) is 8.65. The summed E-state index contributed by atoms with van der Waals surface area (Å²) in [5, 5.41) is 31.7. The van der Waals surface area contributed by atoms with Crippen LogP contribution in [0, 0.1) is 28.6 Å². The number of Topliss-reactive ketones (excluding diaryl/α,β-unsaturated/α-hetero) is 1. The van der Waals surface area contributed by atoms with Gasteiger partial charge in [0.2, 0.25) is 0 Å². The van der Waals surface area contributed by atoms with Crippen LogP contribution in [0.15, 0.2) is 11.6 Å². The van der Waals surface area contributed by atoms with Crippen LogP contribution in [0.2, 0.25) is 0 Å². The predicted molar refractivity (Wildman–Crippen MR) is 95.1 cm³/mol. The first-order chi connectivity index (χ1) is 12.2. The summed E-state index contributed by atoms with van der Waals surface area (Å²) in [6, 6.07) is 0. The number of ketones is 2. The van der Waals surface area contributed by atoms with Gasteiger partial charge in [0.05, 0.1) is 6.10 Å². The van der Waals surface area contributed by atoms with E-state index in [4.69, 9.17) is 0 Å². The fourth-order valence-electron chi connectivity index (χ4n) is 7.28. The molecule has 5 heteroatoms. The number of aliphatic hydroxyl groups excluding tert-OH is 2. The van der Waals surface area contributed by atoms with Gasteiger partial charge in [0.15, 0.2) is 11.6 Å². The monoisotopic (exact) mass is 362 g/mol. The Bertz CT molecular complexity index is 684. The summed E-state index contributed by atoms with van der Waals surface area (Å²) in [4.78, 5) is 24.3. The fourth-order valence-corrected chi connectivity index (χ4v) is 7.28. The number of carbonyl (C=O) groups excluding carboxylic acids is 2. The molecular weight excluding hydrogens is 332 g/mol. The van der Waals surface area contributed by atoms with Crippen molar-refractivity contribution in [3.05, 3.63) is 11.6 Å². The lowest BCUT2D eigenvalue weighted by molar-refractivity contribution is -0.182. The third kappa shape index (κ3) is 2.14. The summed E-state index contributed by atoms with van der Waals surface area (Å²) in [5.74, 6) is 0.140. The zero-order valence-corrected chi connectivity index (χ0v) is 15.7. The lowest BCUT2D eigenvalue weighted by atomic mass is 9.45. The van der Waals surface area contributed by atoms with E-state index in [2.05, 4.69) is 6.92 Å². The molecule has 0 aromatic carbocycles. The molecule has 4 aliphatic carbocycles. The molecule has 4 aliphatic rings. The first-order valence-corrected chi connectivity index (χ1v) is 9.96. The number of aliphatic hydroxyl groups is 3. The Morgan fingerprint density at radius 2 is 1.96 bits per heavy atom. The Morgan fingerprint density at radius 1 is 1.23 bits per heavy atom. The minimum absolute atomic E-state index is 0.0697. The second-order valence-corrected chi connectivity index (χ2v) is 9.56. The molecule has 0 aliphatic heterocycles. The van der Waals surface area contributed by atoms with E-state index in [0.29, 0.717) is 19.3 Å². The van der Waals surface area contributed by atoms with E-state index >= 15 is 0 Å². The summed E-state index contributed by atoms with van der Waals surface area (Å²) >= 11 is 0. The maximum absolute atomic E-state index is 12.4. The lowest BCUT2D eigenvalue weighted by Crippen LogP contribution is -2.62. The fraction of sp³-hybridized carbons (Fsp3) is 0.810. The molecule has 4 rings (SSSR count). The van der Waals surface area contributed by atoms with Gasteiger partial charge in [-0.2, -0.15) is 0 Å². The van der Waals surface area contributed by atoms with Crippen LogP contribution in [0.4, 0.5) is 0 Å². The number of rotatable bonds is 2. The summed E-state index contributed by atoms with van der Waals surface area (Å²) in [7, 11) is 0. The van der Waals surface area contributed by atoms with Crippen molar-refractivity contribution in [2.45, 2.75) is 70.5 Å². The van der Waals surface area contributed by atoms with E-state index in [1.54, 1.807) is 6.08 Å². The van der Waals surface area contributed by atoms with Gasteiger partial charge in [-0.05, 0) is 67.8 Å². The van der Waals surface area contributed by atoms with E-state index in [9.17, 15) is 24.9 Å². The van der Waals surface area contributed by atoms with Crippen LogP contribution >= 0.6 is 0 Å². The first kappa shape index (κ1) is 18.3. The molecule has 5 nitrogen and oxygen atoms in total. The quantitative estimate of drug-likeness (QED) is 0.696. The molecule has 0 aromatic heterocycles. The minimum Gasteiger partial charge on any atom is -0.393 e. The van der Waals surface area contributed by atoms with E-state index in [1.807, 2.05) is 6.92 Å². The molecule has 26 heavy (non-hydrogen) atoms. The molecule has 0 radical (unpaired) electrons. The summed E-state index contributed by atoms with van der Waals surface area (Å²) in [6.45, 7) is 3.46. The van der Waals surface area contributed by atoms with E-state index in [-0.39, 0.29) is 29.0 Å². The highest BCUT2D eigenvalue weighted by Crippen LogP contribution is 2.67. The number of hydrogen-bond acceptors (Lipinski definition) is 5. The first-order valence-electron chi connectivity index (χ1n) is 9.96. The van der Waals surface area contributed by atoms with Crippen LogP contribution in [0.3, 0.4) is 0 Å². The second-order valence-electron chi connectivity index (χ2n) is 9.56. The maximum atomic E-state index is 12.4. The second kappa shape index (κ2) is 5.73. The van der Waals surface area contributed by atoms with Crippen molar-refractivity contribution >= 4 is 11.6 Å². The highest BCUT2D eigenvalue weighted by molar-refractivity contribution is 5.91. The van der Waals surface area contributed by atoms with Crippen LogP contribution < -0.4 is 0 Å². The van der Waals surface area contributed by atoms with Crippen LogP contribution in [0.1, 0.15) is 58.8 Å². The summed E-state index contributed by atoms with van der Waals surface area (Å²) in [6.07, 6.45) is 5.74. The average Bonchev–Trinajstić information content (AvgIpc) is 2.86. The molecule has 3 saturated carbocycles. The molecule has 144 valence electrons. The molecule has 0 saturated heterocycles. The standard InChI is InChI=1S/C21H30O5/c1-19-7-5-13(23)9-12(19)3-4-14-15-6-8-21(26,17(25)11-22)20(15,2)10-16(24)18(14)19/h9,14-16,18,22,24,26H,3-8,10-11H2,1-2H3/t14-,15-,16+,18+,19+,20+,21-/m1/s1. The van der Waals surface area contributed by atoms with Gasteiger partial charge in [0, 0.05) is 11.8 Å². The maximum Gasteiger partial charge on any atom is 0.190 e. The molecule has 3 fully saturated rings. The Balaban J connectivity index is 1.74. The van der Waals surface area contributed by atoms with Gasteiger partial charge in [0.1, 0.15) is 12.2 Å². The number of hydrogen-bond donors (Lipinski definition) is 3. The Kier molecular flexibility index (Phi) is 4.04. The molecule has 0 spiro atoms. The van der Waals surface area contributed by atoms with Crippen molar-refractivity contribution in [1.29, 1.82) is 0 Å². The van der Waals surface area contributed by atoms with Crippen molar-refractivity contribution in [2.24, 2.45) is 28.6 Å². The zero-order valence-electron chi connectivity index (χ0n) is 15.7. The highest BCUT2D eigenvalue weighted by atomic mass is 16.3. The van der Waals surface area contributed by atoms with Gasteiger partial charge >= 0.3 is 0 Å². The van der Waals surface area contributed by atoms with Crippen molar-refractivity contribution in [3.63, 3.8) is 0 Å². The molecule has 0 unspecified atom stereocenters. The largest absolute Gasteiger partial charge is 0.393 e. The zero-order chi connectivity index (χ0) is 18.9. The number of allylic oxidation sites excluding steroid dienone is 1. The number of carbonyl (C=O) groups is 2. The van der Waals surface area contributed by atoms with Crippen molar-refractivity contribution < 1.29 is 24.9 Å². The van der Waals surface area contributed by atoms with Gasteiger partial charge in [0.25, 0.3) is 0 Å². The molecule has 0 bridgehead atoms. The van der Waals surface area contributed by atoms with Crippen LogP contribution in [0.25, 0.3) is 0 Å². The van der Waals surface area contributed by atoms with Gasteiger partial charge in [-0.3, -0.25) is 9.59 Å². The smallest absolute Gasteiger partial charge is 0.190 e. The minimum atomic E-state index is -1.54. The van der Waals surface area contributed by atoms with Crippen molar-refractivity contribution in [2.75, 3.05) is 6.61 Å². The van der Waals surface area contributed by atoms with Gasteiger partial charge < -0.3 is 15.3 Å². The molecule has 0 heterocycles. The highest BCUT2D eigenvalue weighted by Gasteiger charge is 2.68. The summed E-state index contributed by atoms with van der Waals surface area (Å²) < 4.78 is 0. The van der Waals surface area contributed by atoms with Gasteiger partial charge in [-0.25, -0.2) is 0 Å². The van der Waals surface area contributed by atoms with Crippen molar-refractivity contribution in [1.82, 2.24) is 0 Å². The average molecular weight is 362 g/mol. The Morgan fingerprint density at radius 3 is 2.65 bits per heavy atom. The van der Waals surface area contributed by atoms with Gasteiger partial charge in [-0.15, -0.1) is 0 Å². The van der Waals surface area contributed by atoms with E-state index in [0.717, 1.165) is 25.7 Å². The Labute approximate surface area is 154 Å². The predicted octanol–water partition coefficient (Wildman–Crippen LogP) is 1.78. The molecule has 7 atom stereocenters. The number of fused-ring (bicyclic) bond motifs is 5. The van der Waals surface area contributed by atoms with Crippen LogP contribution in [-0.2, 0) is 9.59 Å². The topological polar surface area (TPSA) is 94.8 Å². The molecule has 0 aromatic rings. The van der Waals surface area contributed by atoms with Gasteiger partial charge in [-0.1, -0.05) is 19.4 Å². The normalized spacial score (nSPS) is 50.5. The molecule has 0 amide bonds. The van der Waals surface area contributed by atoms with Crippen LogP contribution in [-0.4, -0.2) is 45.2 Å². The molecule has 3 N–H and O–H groups in total. The third-order valence-electron chi connectivity index (χ3n) is 8.65. The molecular formula is C21H30O5. The van der Waals surface area contributed by atoms with E-state index in [1.165, 1.54) is 5.57 Å². The van der Waals surface area contributed by atoms with Crippen molar-refractivity contribution in [3.8, 4) is 0 Å². The van der Waals surface area contributed by atoms with E-state index < -0.39 is 29.5 Å². The van der Waals surface area contributed by atoms with Crippen LogP contribution in [0.5, 0.6) is 0 Å². The SMILES string of the molecule is C[C@]12CCC(=O)C=C1CC[C@H]1[C@H]2[C@@H](O)C[C@@]2(C)[C@@H]1CC[C@@]2(O)C(=O)CO. The Hall–Kier alpha value is -1.04.